The molecular weight excluding hydrogens is 398 g/mol. The molecule has 0 amide bonds. The van der Waals surface area contributed by atoms with Crippen LogP contribution in [0.1, 0.15) is 69.2 Å². The Morgan fingerprint density at radius 1 is 0.677 bits per heavy atom. The zero-order valence-corrected chi connectivity index (χ0v) is 22.1. The summed E-state index contributed by atoms with van der Waals surface area (Å²) >= 11 is 1.64. The van der Waals surface area contributed by atoms with Gasteiger partial charge in [-0.2, -0.15) is 0 Å². The molecule has 3 nitrogen and oxygen atoms in total. The number of rotatable bonds is 0. The molecule has 0 aliphatic carbocycles. The van der Waals surface area contributed by atoms with E-state index in [2.05, 4.69) is 68.6 Å². The summed E-state index contributed by atoms with van der Waals surface area (Å²) in [6.07, 6.45) is 5.19. The number of thiophene rings is 1. The van der Waals surface area contributed by atoms with Gasteiger partial charge in [0.1, 0.15) is 11.2 Å². The summed E-state index contributed by atoms with van der Waals surface area (Å²) < 4.78 is 0. The largest absolute Gasteiger partial charge is 0.256 e. The van der Waals surface area contributed by atoms with Gasteiger partial charge < -0.3 is 0 Å². The van der Waals surface area contributed by atoms with Crippen LogP contribution < -0.4 is 0 Å². The van der Waals surface area contributed by atoms with Crippen molar-refractivity contribution in [2.24, 2.45) is 11.8 Å². The lowest BCUT2D eigenvalue weighted by Gasteiger charge is -1.91. The molecule has 172 valence electrons. The van der Waals surface area contributed by atoms with Gasteiger partial charge in [-0.3, -0.25) is 4.98 Å². The SMILES string of the molecule is CC.CC.CC(C)C.CC(C)C.c1ccc2ncccc2c1.c1ncc2ccsc2n1. The Morgan fingerprint density at radius 2 is 1.23 bits per heavy atom. The Morgan fingerprint density at radius 3 is 1.77 bits per heavy atom. The third-order valence-electron chi connectivity index (χ3n) is 2.64. The minimum absolute atomic E-state index is 0.833. The number of pyridine rings is 1. The van der Waals surface area contributed by atoms with E-state index in [1.807, 2.05) is 75.8 Å². The molecule has 0 saturated heterocycles. The highest BCUT2D eigenvalue weighted by Crippen LogP contribution is 2.14. The summed E-state index contributed by atoms with van der Waals surface area (Å²) in [5.74, 6) is 1.67. The van der Waals surface area contributed by atoms with Crippen LogP contribution in [0.2, 0.25) is 0 Å². The molecule has 0 fully saturated rings. The highest BCUT2D eigenvalue weighted by atomic mass is 32.1. The number of fused-ring (bicyclic) bond motifs is 2. The topological polar surface area (TPSA) is 38.7 Å². The third kappa shape index (κ3) is 17.1. The van der Waals surface area contributed by atoms with Gasteiger partial charge in [-0.25, -0.2) is 9.97 Å². The molecule has 1 aromatic carbocycles. The smallest absolute Gasteiger partial charge is 0.126 e. The first-order valence-electron chi connectivity index (χ1n) is 11.3. The van der Waals surface area contributed by atoms with Crippen LogP contribution in [0.3, 0.4) is 0 Å². The van der Waals surface area contributed by atoms with Gasteiger partial charge in [-0.15, -0.1) is 11.3 Å². The minimum atomic E-state index is 0.833. The second-order valence-corrected chi connectivity index (χ2v) is 8.26. The number of nitrogens with zero attached hydrogens (tertiary/aromatic N) is 3. The monoisotopic (exact) mass is 441 g/mol. The quantitative estimate of drug-likeness (QED) is 0.273. The van der Waals surface area contributed by atoms with Crippen molar-refractivity contribution in [3.05, 3.63) is 66.6 Å². The van der Waals surface area contributed by atoms with Crippen molar-refractivity contribution in [3.63, 3.8) is 0 Å². The molecule has 0 N–H and O–H groups in total. The molecule has 0 unspecified atom stereocenters. The Kier molecular flexibility index (Phi) is 20.8. The molecule has 0 aliphatic rings. The molecule has 4 heteroatoms. The van der Waals surface area contributed by atoms with E-state index in [-0.39, 0.29) is 0 Å². The molecule has 0 atom stereocenters. The van der Waals surface area contributed by atoms with Crippen molar-refractivity contribution < 1.29 is 0 Å². The molecule has 0 bridgehead atoms. The first kappa shape index (κ1) is 30.9. The maximum Gasteiger partial charge on any atom is 0.126 e. The van der Waals surface area contributed by atoms with Gasteiger partial charge in [-0.1, -0.05) is 93.5 Å². The average molecular weight is 442 g/mol. The zero-order chi connectivity index (χ0) is 24.1. The van der Waals surface area contributed by atoms with E-state index < -0.39 is 0 Å². The Hall–Kier alpha value is -2.33. The molecule has 4 rings (SSSR count). The molecule has 31 heavy (non-hydrogen) atoms. The van der Waals surface area contributed by atoms with Crippen LogP contribution in [-0.2, 0) is 0 Å². The van der Waals surface area contributed by atoms with E-state index in [0.717, 1.165) is 27.6 Å². The van der Waals surface area contributed by atoms with E-state index in [0.29, 0.717) is 0 Å². The summed E-state index contributed by atoms with van der Waals surface area (Å²) in [4.78, 5) is 13.2. The lowest BCUT2D eigenvalue weighted by molar-refractivity contribution is 0.736. The fraction of sp³-hybridized carbons (Fsp3) is 0.444. The van der Waals surface area contributed by atoms with Crippen LogP contribution in [0.15, 0.2) is 66.6 Å². The average Bonchev–Trinajstić information content (AvgIpc) is 3.25. The van der Waals surface area contributed by atoms with Gasteiger partial charge in [0, 0.05) is 23.2 Å². The van der Waals surface area contributed by atoms with Crippen LogP contribution >= 0.6 is 11.3 Å². The lowest BCUT2D eigenvalue weighted by atomic mass is 10.2. The zero-order valence-electron chi connectivity index (χ0n) is 21.3. The van der Waals surface area contributed by atoms with E-state index in [1.165, 1.54) is 5.39 Å². The molecule has 0 spiro atoms. The molecule has 3 aromatic heterocycles. The van der Waals surface area contributed by atoms with Crippen molar-refractivity contribution in [1.82, 2.24) is 15.0 Å². The summed E-state index contributed by atoms with van der Waals surface area (Å²) in [6.45, 7) is 21.0. The Balaban J connectivity index is 0. The van der Waals surface area contributed by atoms with Crippen LogP contribution in [0.5, 0.6) is 0 Å². The van der Waals surface area contributed by atoms with Gasteiger partial charge in [0.15, 0.2) is 0 Å². The summed E-state index contributed by atoms with van der Waals surface area (Å²) in [7, 11) is 0. The summed E-state index contributed by atoms with van der Waals surface area (Å²) in [6, 6.07) is 14.1. The van der Waals surface area contributed by atoms with Gasteiger partial charge >= 0.3 is 0 Å². The fourth-order valence-electron chi connectivity index (χ4n) is 1.73. The van der Waals surface area contributed by atoms with E-state index in [4.69, 9.17) is 0 Å². The minimum Gasteiger partial charge on any atom is -0.256 e. The molecule has 4 aromatic rings. The molecule has 3 heterocycles. The molecule has 0 saturated carbocycles. The number of para-hydroxylation sites is 1. The first-order valence-corrected chi connectivity index (χ1v) is 12.2. The maximum absolute atomic E-state index is 4.18. The predicted molar refractivity (Wildman–Crippen MR) is 143 cm³/mol. The van der Waals surface area contributed by atoms with E-state index in [9.17, 15) is 0 Å². The van der Waals surface area contributed by atoms with Gasteiger partial charge in [0.05, 0.1) is 5.52 Å². The van der Waals surface area contributed by atoms with Crippen molar-refractivity contribution in [2.45, 2.75) is 69.2 Å². The Bertz CT molecular complexity index is 778. The number of hydrogen-bond acceptors (Lipinski definition) is 4. The summed E-state index contributed by atoms with van der Waals surface area (Å²) in [5, 5.41) is 4.34. The third-order valence-corrected chi connectivity index (χ3v) is 3.48. The molecule has 0 radical (unpaired) electrons. The van der Waals surface area contributed by atoms with Crippen LogP contribution in [0.25, 0.3) is 21.1 Å². The summed E-state index contributed by atoms with van der Waals surface area (Å²) in [5.41, 5.74) is 1.06. The predicted octanol–water partition coefficient (Wildman–Crippen LogP) is 9.30. The van der Waals surface area contributed by atoms with Gasteiger partial charge in [-0.05, 0) is 35.4 Å². The molecular formula is C27H43N3S. The van der Waals surface area contributed by atoms with Crippen LogP contribution in [0.4, 0.5) is 0 Å². The number of aromatic nitrogens is 3. The highest BCUT2D eigenvalue weighted by molar-refractivity contribution is 7.16. The van der Waals surface area contributed by atoms with Gasteiger partial charge in [0.2, 0.25) is 0 Å². The normalized spacial score (nSPS) is 8.90. The second kappa shape index (κ2) is 20.9. The highest BCUT2D eigenvalue weighted by Gasteiger charge is 1.90. The number of hydrogen-bond donors (Lipinski definition) is 0. The number of benzene rings is 1. The second-order valence-electron chi connectivity index (χ2n) is 7.36. The van der Waals surface area contributed by atoms with Crippen molar-refractivity contribution >= 4 is 32.5 Å². The molecule has 0 aliphatic heterocycles. The van der Waals surface area contributed by atoms with Crippen LogP contribution in [0, 0.1) is 11.8 Å². The first-order chi connectivity index (χ1) is 14.9. The van der Waals surface area contributed by atoms with Gasteiger partial charge in [0.25, 0.3) is 0 Å². The fourth-order valence-corrected chi connectivity index (χ4v) is 2.44. The Labute approximate surface area is 195 Å². The van der Waals surface area contributed by atoms with E-state index in [1.54, 1.807) is 17.7 Å². The van der Waals surface area contributed by atoms with E-state index >= 15 is 0 Å². The van der Waals surface area contributed by atoms with Crippen molar-refractivity contribution in [3.8, 4) is 0 Å². The maximum atomic E-state index is 4.18. The standard InChI is InChI=1S/C9H7N.C6H4N2S.2C4H10.2C2H6/c1-2-6-9-8(4-1)5-3-7-10-9;1-2-9-6-5(1)3-7-4-8-6;2*1-4(2)3;2*1-2/h1-7H;1-4H;2*4H,1-3H3;2*1-2H3. The van der Waals surface area contributed by atoms with Crippen molar-refractivity contribution in [1.29, 1.82) is 0 Å². The van der Waals surface area contributed by atoms with Crippen LogP contribution in [-0.4, -0.2) is 15.0 Å². The van der Waals surface area contributed by atoms with Crippen molar-refractivity contribution in [2.75, 3.05) is 0 Å². The lowest BCUT2D eigenvalue weighted by Crippen LogP contribution is -1.73.